The Morgan fingerprint density at radius 2 is 1.15 bits per heavy atom. The van der Waals surface area contributed by atoms with E-state index in [1.165, 1.54) is 27.8 Å². The summed E-state index contributed by atoms with van der Waals surface area (Å²) >= 11 is -0.556. The number of hydrogen-bond acceptors (Lipinski definition) is 1. The second kappa shape index (κ2) is 12.2. The van der Waals surface area contributed by atoms with E-state index in [4.69, 9.17) is 18.6 Å². The number of aromatic hydroxyl groups is 1. The molecule has 0 atom stereocenters. The fourth-order valence-electron chi connectivity index (χ4n) is 2.92. The van der Waals surface area contributed by atoms with Gasteiger partial charge in [0, 0.05) is 0 Å². The molecule has 0 aliphatic rings. The van der Waals surface area contributed by atoms with E-state index in [0.29, 0.717) is 17.6 Å². The molecule has 26 heavy (non-hydrogen) atoms. The standard InChI is InChI=1S/C12H18O.C10H15.2ClH.Ti/c1-8(2)10-6-5-7-11(9(3)4)12(10)13;1-6-7(2)9(4)10(5)8(6)3;;;/h5-9,13H,1-4H3;1-5H3;2*1H;/q;-1;;;+2/p-2. The van der Waals surface area contributed by atoms with Crippen LogP contribution in [0.3, 0.4) is 0 Å². The first-order valence-corrected chi connectivity index (χ1v) is 13.3. The molecule has 0 radical (unpaired) electrons. The number of phenolic OH excluding ortho intramolecular Hbond substituents is 1. The molecule has 0 fully saturated rings. The van der Waals surface area contributed by atoms with Crippen LogP contribution in [-0.4, -0.2) is 5.11 Å². The number of para-hydroxylation sites is 1. The van der Waals surface area contributed by atoms with Crippen LogP contribution in [0.25, 0.3) is 0 Å². The van der Waals surface area contributed by atoms with E-state index in [9.17, 15) is 5.11 Å². The van der Waals surface area contributed by atoms with Crippen molar-refractivity contribution < 1.29 is 22.1 Å². The molecule has 2 rings (SSSR count). The topological polar surface area (TPSA) is 20.2 Å². The van der Waals surface area contributed by atoms with Gasteiger partial charge in [0.05, 0.1) is 0 Å². The molecule has 0 aliphatic heterocycles. The molecule has 0 aromatic heterocycles. The van der Waals surface area contributed by atoms with Gasteiger partial charge in [-0.05, 0) is 23.0 Å². The SMILES string of the molecule is CC(C)c1cccc(C(C)C)c1O.Cc1c(C)c(C)[c-](C)c1C.[Cl][Ti][Cl]. The van der Waals surface area contributed by atoms with Gasteiger partial charge in [0.1, 0.15) is 5.75 Å². The van der Waals surface area contributed by atoms with Crippen LogP contribution in [0.2, 0.25) is 0 Å². The third-order valence-electron chi connectivity index (χ3n) is 5.15. The molecule has 1 N–H and O–H groups in total. The van der Waals surface area contributed by atoms with E-state index < -0.39 is 17.0 Å². The number of benzene rings is 1. The van der Waals surface area contributed by atoms with Crippen molar-refractivity contribution in [1.29, 1.82) is 0 Å². The van der Waals surface area contributed by atoms with E-state index in [0.717, 1.165) is 11.1 Å². The predicted octanol–water partition coefficient (Wildman–Crippen LogP) is 7.96. The van der Waals surface area contributed by atoms with Crippen LogP contribution in [-0.2, 0) is 17.0 Å². The Morgan fingerprint density at radius 3 is 1.35 bits per heavy atom. The molecule has 146 valence electrons. The van der Waals surface area contributed by atoms with E-state index >= 15 is 0 Å². The Hall–Kier alpha value is -0.336. The fraction of sp³-hybridized carbons (Fsp3) is 0.500. The van der Waals surface area contributed by atoms with Crippen molar-refractivity contribution in [2.24, 2.45) is 0 Å². The number of phenols is 1. The van der Waals surface area contributed by atoms with Gasteiger partial charge in [0.15, 0.2) is 0 Å². The van der Waals surface area contributed by atoms with Crippen LogP contribution >= 0.6 is 18.6 Å². The number of hydrogen-bond donors (Lipinski definition) is 1. The third kappa shape index (κ3) is 7.00. The minimum absolute atomic E-state index is 0.388. The summed E-state index contributed by atoms with van der Waals surface area (Å²) in [5.41, 5.74) is 9.43. The monoisotopic (exact) mass is 431 g/mol. The van der Waals surface area contributed by atoms with E-state index in [2.05, 4.69) is 62.3 Å². The first-order valence-electron chi connectivity index (χ1n) is 8.98. The molecule has 0 saturated heterocycles. The van der Waals surface area contributed by atoms with Crippen LogP contribution < -0.4 is 0 Å². The van der Waals surface area contributed by atoms with Gasteiger partial charge in [-0.15, -0.1) is 0 Å². The summed E-state index contributed by atoms with van der Waals surface area (Å²) < 4.78 is 0. The first kappa shape index (κ1) is 25.7. The van der Waals surface area contributed by atoms with Crippen LogP contribution in [0, 0.1) is 34.6 Å². The second-order valence-corrected chi connectivity index (χ2v) is 9.87. The van der Waals surface area contributed by atoms with Gasteiger partial charge < -0.3 is 5.11 Å². The molecular formula is C22H33Cl2OTi-. The van der Waals surface area contributed by atoms with Crippen molar-refractivity contribution in [2.75, 3.05) is 0 Å². The Bertz CT molecular complexity index is 581. The summed E-state index contributed by atoms with van der Waals surface area (Å²) in [6.45, 7) is 19.4. The van der Waals surface area contributed by atoms with E-state index in [1.807, 2.05) is 18.2 Å². The van der Waals surface area contributed by atoms with Crippen molar-refractivity contribution in [3.8, 4) is 5.75 Å². The fourth-order valence-corrected chi connectivity index (χ4v) is 2.92. The van der Waals surface area contributed by atoms with Crippen LogP contribution in [0.1, 0.15) is 78.5 Å². The molecular weight excluding hydrogens is 399 g/mol. The summed E-state index contributed by atoms with van der Waals surface area (Å²) in [6.07, 6.45) is 0. The van der Waals surface area contributed by atoms with Crippen molar-refractivity contribution in [1.82, 2.24) is 0 Å². The molecule has 0 aliphatic carbocycles. The maximum absolute atomic E-state index is 9.93. The van der Waals surface area contributed by atoms with Crippen molar-refractivity contribution in [3.63, 3.8) is 0 Å². The quantitative estimate of drug-likeness (QED) is 0.377. The summed E-state index contributed by atoms with van der Waals surface area (Å²) in [6, 6.07) is 6.00. The third-order valence-corrected chi connectivity index (χ3v) is 5.15. The normalized spacial score (nSPS) is 10.2. The zero-order chi connectivity index (χ0) is 20.6. The zero-order valence-electron chi connectivity index (χ0n) is 17.6. The Balaban J connectivity index is 0.000000428. The average Bonchev–Trinajstić information content (AvgIpc) is 2.74. The Morgan fingerprint density at radius 1 is 0.846 bits per heavy atom. The first-order chi connectivity index (χ1) is 12.0. The second-order valence-electron chi connectivity index (χ2n) is 7.29. The van der Waals surface area contributed by atoms with Gasteiger partial charge >= 0.3 is 35.6 Å². The molecule has 0 unspecified atom stereocenters. The number of halogens is 2. The predicted molar refractivity (Wildman–Crippen MR) is 114 cm³/mol. The molecule has 0 saturated carbocycles. The zero-order valence-corrected chi connectivity index (χ0v) is 20.7. The maximum atomic E-state index is 9.93. The molecule has 2 aromatic rings. The summed E-state index contributed by atoms with van der Waals surface area (Å²) in [5.74, 6) is 1.25. The molecule has 0 spiro atoms. The summed E-state index contributed by atoms with van der Waals surface area (Å²) in [5, 5.41) is 9.93. The van der Waals surface area contributed by atoms with Crippen LogP contribution in [0.5, 0.6) is 5.75 Å². The molecule has 0 heterocycles. The van der Waals surface area contributed by atoms with Crippen molar-refractivity contribution in [3.05, 3.63) is 57.1 Å². The summed E-state index contributed by atoms with van der Waals surface area (Å²) in [4.78, 5) is 0. The van der Waals surface area contributed by atoms with Gasteiger partial charge in [-0.1, -0.05) is 80.5 Å². The van der Waals surface area contributed by atoms with Gasteiger partial charge in [0.2, 0.25) is 0 Å². The molecule has 0 bridgehead atoms. The van der Waals surface area contributed by atoms with Gasteiger partial charge in [0.25, 0.3) is 0 Å². The Kier molecular flexibility index (Phi) is 12.0. The van der Waals surface area contributed by atoms with E-state index in [1.54, 1.807) is 0 Å². The molecule has 1 nitrogen and oxygen atoms in total. The van der Waals surface area contributed by atoms with Crippen LogP contribution in [0.4, 0.5) is 0 Å². The van der Waals surface area contributed by atoms with Gasteiger partial charge in [-0.3, -0.25) is 0 Å². The van der Waals surface area contributed by atoms with Gasteiger partial charge in [-0.2, -0.15) is 27.8 Å². The van der Waals surface area contributed by atoms with Crippen molar-refractivity contribution in [2.45, 2.75) is 74.1 Å². The van der Waals surface area contributed by atoms with Gasteiger partial charge in [-0.25, -0.2) is 0 Å². The average molecular weight is 432 g/mol. The molecule has 4 heteroatoms. The summed E-state index contributed by atoms with van der Waals surface area (Å²) in [7, 11) is 9.78. The number of rotatable bonds is 2. The molecule has 0 amide bonds. The Labute approximate surface area is 177 Å². The molecule has 2 aromatic carbocycles. The van der Waals surface area contributed by atoms with E-state index in [-0.39, 0.29) is 0 Å². The minimum atomic E-state index is -0.556. The van der Waals surface area contributed by atoms with Crippen molar-refractivity contribution >= 4 is 18.6 Å². The van der Waals surface area contributed by atoms with Crippen LogP contribution in [0.15, 0.2) is 18.2 Å².